The van der Waals surface area contributed by atoms with E-state index in [9.17, 15) is 14.4 Å². The van der Waals surface area contributed by atoms with Crippen LogP contribution in [0, 0.1) is 0 Å². The van der Waals surface area contributed by atoms with Gasteiger partial charge in [-0.15, -0.1) is 0 Å². The summed E-state index contributed by atoms with van der Waals surface area (Å²) in [5, 5.41) is 6.07. The molecule has 1 aromatic carbocycles. The Morgan fingerprint density at radius 3 is 2.58 bits per heavy atom. The maximum Gasteiger partial charge on any atom is 0.239 e. The van der Waals surface area contributed by atoms with Gasteiger partial charge in [-0.1, -0.05) is 24.3 Å². The SMILES string of the molecule is CC(=O)N1CCNC(C(=O)NCc2ccc(CN3CCCC3=O)cc2)C1. The molecule has 2 heterocycles. The van der Waals surface area contributed by atoms with Crippen LogP contribution in [0.15, 0.2) is 24.3 Å². The van der Waals surface area contributed by atoms with Crippen molar-refractivity contribution >= 4 is 17.7 Å². The molecule has 2 fully saturated rings. The van der Waals surface area contributed by atoms with Crippen LogP contribution in [0.1, 0.15) is 30.9 Å². The van der Waals surface area contributed by atoms with Gasteiger partial charge in [-0.2, -0.15) is 0 Å². The van der Waals surface area contributed by atoms with Crippen LogP contribution in [-0.2, 0) is 27.5 Å². The molecule has 1 unspecified atom stereocenters. The molecule has 3 rings (SSSR count). The minimum absolute atomic E-state index is 0.00336. The lowest BCUT2D eigenvalue weighted by Gasteiger charge is -2.32. The van der Waals surface area contributed by atoms with Gasteiger partial charge in [0.2, 0.25) is 17.7 Å². The topological polar surface area (TPSA) is 81.8 Å². The van der Waals surface area contributed by atoms with Gasteiger partial charge in [-0.3, -0.25) is 14.4 Å². The van der Waals surface area contributed by atoms with Crippen LogP contribution in [0.5, 0.6) is 0 Å². The van der Waals surface area contributed by atoms with Gasteiger partial charge in [0.15, 0.2) is 0 Å². The number of hydrogen-bond acceptors (Lipinski definition) is 4. The molecule has 0 saturated carbocycles. The predicted octanol–water partition coefficient (Wildman–Crippen LogP) is 0.246. The van der Waals surface area contributed by atoms with E-state index in [2.05, 4.69) is 10.6 Å². The van der Waals surface area contributed by atoms with Crippen molar-refractivity contribution in [3.05, 3.63) is 35.4 Å². The van der Waals surface area contributed by atoms with Gasteiger partial charge >= 0.3 is 0 Å². The molecular weight excluding hydrogens is 332 g/mol. The van der Waals surface area contributed by atoms with Crippen LogP contribution in [0.4, 0.5) is 0 Å². The van der Waals surface area contributed by atoms with E-state index < -0.39 is 0 Å². The highest BCUT2D eigenvalue weighted by atomic mass is 16.2. The van der Waals surface area contributed by atoms with Crippen molar-refractivity contribution < 1.29 is 14.4 Å². The molecule has 0 bridgehead atoms. The summed E-state index contributed by atoms with van der Waals surface area (Å²) in [4.78, 5) is 39.0. The molecule has 0 radical (unpaired) electrons. The number of amides is 3. The fourth-order valence-electron chi connectivity index (χ4n) is 3.38. The first-order valence-corrected chi connectivity index (χ1v) is 9.15. The van der Waals surface area contributed by atoms with Crippen LogP contribution in [0.3, 0.4) is 0 Å². The zero-order chi connectivity index (χ0) is 18.5. The van der Waals surface area contributed by atoms with Gasteiger partial charge in [0.1, 0.15) is 6.04 Å². The second-order valence-electron chi connectivity index (χ2n) is 6.92. The van der Waals surface area contributed by atoms with Crippen molar-refractivity contribution in [1.29, 1.82) is 0 Å². The number of carbonyl (C=O) groups is 3. The Hall–Kier alpha value is -2.41. The molecule has 2 saturated heterocycles. The summed E-state index contributed by atoms with van der Waals surface area (Å²) < 4.78 is 0. The normalized spacial score (nSPS) is 20.3. The second-order valence-corrected chi connectivity index (χ2v) is 6.92. The van der Waals surface area contributed by atoms with Crippen LogP contribution in [-0.4, -0.2) is 59.7 Å². The maximum atomic E-state index is 12.3. The first-order chi connectivity index (χ1) is 12.5. The van der Waals surface area contributed by atoms with E-state index >= 15 is 0 Å². The fraction of sp³-hybridized carbons (Fsp3) is 0.526. The molecule has 7 nitrogen and oxygen atoms in total. The summed E-state index contributed by atoms with van der Waals surface area (Å²) in [6, 6.07) is 7.60. The van der Waals surface area contributed by atoms with Crippen LogP contribution >= 0.6 is 0 Å². The largest absolute Gasteiger partial charge is 0.351 e. The van der Waals surface area contributed by atoms with Crippen molar-refractivity contribution in [2.75, 3.05) is 26.2 Å². The van der Waals surface area contributed by atoms with E-state index in [1.165, 1.54) is 6.92 Å². The number of hydrogen-bond donors (Lipinski definition) is 2. The van der Waals surface area contributed by atoms with Gasteiger partial charge in [-0.05, 0) is 17.5 Å². The van der Waals surface area contributed by atoms with Gasteiger partial charge < -0.3 is 20.4 Å². The van der Waals surface area contributed by atoms with E-state index in [4.69, 9.17) is 0 Å². The molecule has 0 aliphatic carbocycles. The highest BCUT2D eigenvalue weighted by Gasteiger charge is 2.26. The highest BCUT2D eigenvalue weighted by Crippen LogP contribution is 2.14. The summed E-state index contributed by atoms with van der Waals surface area (Å²) in [6.07, 6.45) is 1.60. The van der Waals surface area contributed by atoms with Crippen molar-refractivity contribution in [3.63, 3.8) is 0 Å². The smallest absolute Gasteiger partial charge is 0.239 e. The highest BCUT2D eigenvalue weighted by molar-refractivity contribution is 5.83. The quantitative estimate of drug-likeness (QED) is 0.790. The predicted molar refractivity (Wildman–Crippen MR) is 97.0 cm³/mol. The first kappa shape index (κ1) is 18.4. The molecule has 0 aromatic heterocycles. The number of nitrogens with one attached hydrogen (secondary N) is 2. The van der Waals surface area contributed by atoms with E-state index in [0.29, 0.717) is 39.1 Å². The van der Waals surface area contributed by atoms with Gasteiger partial charge in [0.05, 0.1) is 0 Å². The summed E-state index contributed by atoms with van der Waals surface area (Å²) in [5.74, 6) is 0.125. The van der Waals surface area contributed by atoms with Crippen LogP contribution < -0.4 is 10.6 Å². The van der Waals surface area contributed by atoms with Gasteiger partial charge in [0, 0.05) is 52.6 Å². The van der Waals surface area contributed by atoms with E-state index in [1.807, 2.05) is 29.2 Å². The van der Waals surface area contributed by atoms with Crippen molar-refractivity contribution in [2.24, 2.45) is 0 Å². The van der Waals surface area contributed by atoms with Crippen molar-refractivity contribution in [1.82, 2.24) is 20.4 Å². The Bertz CT molecular complexity index is 674. The summed E-state index contributed by atoms with van der Waals surface area (Å²) in [5.41, 5.74) is 2.11. The molecule has 7 heteroatoms. The number of nitrogens with zero attached hydrogens (tertiary/aromatic N) is 2. The number of likely N-dealkylation sites (tertiary alicyclic amines) is 1. The molecule has 2 aliphatic rings. The minimum Gasteiger partial charge on any atom is -0.351 e. The number of benzene rings is 1. The standard InChI is InChI=1S/C19H26N4O3/c1-14(24)22-10-8-20-17(13-22)19(26)21-11-15-4-6-16(7-5-15)12-23-9-2-3-18(23)25/h4-7,17,20H,2-3,8-13H2,1H3,(H,21,26). The third kappa shape index (κ3) is 4.60. The molecule has 1 atom stereocenters. The molecule has 26 heavy (non-hydrogen) atoms. The number of rotatable bonds is 5. The Morgan fingerprint density at radius 1 is 1.19 bits per heavy atom. The molecule has 1 aromatic rings. The Labute approximate surface area is 153 Å². The minimum atomic E-state index is -0.367. The molecule has 140 valence electrons. The van der Waals surface area contributed by atoms with E-state index in [-0.39, 0.29) is 23.8 Å². The van der Waals surface area contributed by atoms with E-state index in [0.717, 1.165) is 24.1 Å². The van der Waals surface area contributed by atoms with E-state index in [1.54, 1.807) is 4.90 Å². The average molecular weight is 358 g/mol. The fourth-order valence-corrected chi connectivity index (χ4v) is 3.38. The summed E-state index contributed by atoms with van der Waals surface area (Å²) in [7, 11) is 0. The zero-order valence-electron chi connectivity index (χ0n) is 15.2. The molecular formula is C19H26N4O3. The van der Waals surface area contributed by atoms with Crippen LogP contribution in [0.25, 0.3) is 0 Å². The third-order valence-corrected chi connectivity index (χ3v) is 4.97. The van der Waals surface area contributed by atoms with Gasteiger partial charge in [-0.25, -0.2) is 0 Å². The summed E-state index contributed by atoms with van der Waals surface area (Å²) >= 11 is 0. The molecule has 3 amide bonds. The average Bonchev–Trinajstić information content (AvgIpc) is 3.05. The lowest BCUT2D eigenvalue weighted by atomic mass is 10.1. The van der Waals surface area contributed by atoms with Crippen LogP contribution in [0.2, 0.25) is 0 Å². The maximum absolute atomic E-state index is 12.3. The number of piperazine rings is 1. The van der Waals surface area contributed by atoms with Crippen molar-refractivity contribution in [3.8, 4) is 0 Å². The Morgan fingerprint density at radius 2 is 1.92 bits per heavy atom. The molecule has 2 aliphatic heterocycles. The Balaban J connectivity index is 1.47. The van der Waals surface area contributed by atoms with Gasteiger partial charge in [0.25, 0.3) is 0 Å². The summed E-state index contributed by atoms with van der Waals surface area (Å²) in [6.45, 7) is 5.13. The lowest BCUT2D eigenvalue weighted by molar-refractivity contribution is -0.132. The molecule has 0 spiro atoms. The third-order valence-electron chi connectivity index (χ3n) is 4.97. The lowest BCUT2D eigenvalue weighted by Crippen LogP contribution is -2.57. The number of carbonyl (C=O) groups excluding carboxylic acids is 3. The monoisotopic (exact) mass is 358 g/mol. The first-order valence-electron chi connectivity index (χ1n) is 9.15. The molecule has 2 N–H and O–H groups in total. The van der Waals surface area contributed by atoms with Crippen molar-refractivity contribution in [2.45, 2.75) is 38.9 Å². The second kappa shape index (κ2) is 8.31. The zero-order valence-corrected chi connectivity index (χ0v) is 15.2. The Kier molecular flexibility index (Phi) is 5.88.